The molecule has 7 heteroatoms. The summed E-state index contributed by atoms with van der Waals surface area (Å²) in [6.07, 6.45) is 7.01. The van der Waals surface area contributed by atoms with Gasteiger partial charge in [0.05, 0.1) is 18.1 Å². The Bertz CT molecular complexity index is 1160. The fraction of sp³-hybridized carbons (Fsp3) is 0.320. The van der Waals surface area contributed by atoms with Crippen LogP contribution in [0.4, 0.5) is 0 Å². The lowest BCUT2D eigenvalue weighted by Crippen LogP contribution is -2.40. The van der Waals surface area contributed by atoms with Crippen LogP contribution in [-0.4, -0.2) is 23.0 Å². The Morgan fingerprint density at radius 2 is 1.72 bits per heavy atom. The second kappa shape index (κ2) is 7.46. The van der Waals surface area contributed by atoms with Crippen molar-refractivity contribution in [1.29, 1.82) is 0 Å². The molecule has 1 heterocycles. The van der Waals surface area contributed by atoms with Crippen molar-refractivity contribution in [2.75, 3.05) is 0 Å². The van der Waals surface area contributed by atoms with Gasteiger partial charge in [0.25, 0.3) is 11.8 Å². The summed E-state index contributed by atoms with van der Waals surface area (Å²) in [6.45, 7) is 0.293. The first-order chi connectivity index (χ1) is 15.5. The van der Waals surface area contributed by atoms with Crippen LogP contribution in [0, 0.1) is 35.5 Å². The number of hydrogen-bond acceptors (Lipinski definition) is 4. The third-order valence-electron chi connectivity index (χ3n) is 7.23. The number of carbonyl (C=O) groups is 2. The molecule has 3 fully saturated rings. The van der Waals surface area contributed by atoms with Crippen LogP contribution in [0.5, 0.6) is 5.75 Å². The number of nitrogens with zero attached hydrogens (tertiary/aromatic N) is 2. The fourth-order valence-electron chi connectivity index (χ4n) is 5.66. The molecule has 0 N–H and O–H groups in total. The molecule has 162 valence electrons. The van der Waals surface area contributed by atoms with Gasteiger partial charge in [-0.2, -0.15) is 10.1 Å². The predicted octanol–water partition coefficient (Wildman–Crippen LogP) is 4.96. The van der Waals surface area contributed by atoms with Crippen molar-refractivity contribution in [3.8, 4) is 5.75 Å². The summed E-state index contributed by atoms with van der Waals surface area (Å²) in [5.41, 5.74) is 1.57. The van der Waals surface area contributed by atoms with Crippen molar-refractivity contribution in [2.24, 2.45) is 40.6 Å². The van der Waals surface area contributed by atoms with Crippen molar-refractivity contribution < 1.29 is 14.3 Å². The highest BCUT2D eigenvalue weighted by Gasteiger charge is 2.67. The topological polar surface area (TPSA) is 59.0 Å². The van der Waals surface area contributed by atoms with Crippen LogP contribution in [0.3, 0.4) is 0 Å². The van der Waals surface area contributed by atoms with E-state index >= 15 is 0 Å². The SMILES string of the molecule is O=C1[C@@H]2[C@H]3C=C[C@@H]([C@@H]4C[C@@H]34)[C@H]2C(=O)N1/N=C\c1cccc(OCc2ccc(Cl)cc2Cl)c1. The van der Waals surface area contributed by atoms with E-state index in [1.165, 1.54) is 0 Å². The number of carbonyl (C=O) groups excluding carboxylic acids is 2. The monoisotopic (exact) mass is 466 g/mol. The normalized spacial score (nSPS) is 31.9. The van der Waals surface area contributed by atoms with Gasteiger partial charge in [-0.15, -0.1) is 0 Å². The molecule has 0 radical (unpaired) electrons. The van der Waals surface area contributed by atoms with Gasteiger partial charge in [0.2, 0.25) is 0 Å². The number of ether oxygens (including phenoxy) is 1. The highest BCUT2D eigenvalue weighted by Crippen LogP contribution is 2.65. The Morgan fingerprint density at radius 3 is 2.41 bits per heavy atom. The maximum absolute atomic E-state index is 13.0. The number of amides is 2. The minimum Gasteiger partial charge on any atom is -0.489 e. The van der Waals surface area contributed by atoms with Crippen LogP contribution >= 0.6 is 23.2 Å². The lowest BCUT2D eigenvalue weighted by molar-refractivity contribution is -0.140. The molecule has 1 saturated heterocycles. The van der Waals surface area contributed by atoms with Crippen LogP contribution in [0.25, 0.3) is 0 Å². The number of allylic oxidation sites excluding steroid dienone is 2. The molecular formula is C25H20Cl2N2O3. The Kier molecular flexibility index (Phi) is 4.67. The van der Waals surface area contributed by atoms with E-state index in [1.54, 1.807) is 18.3 Å². The van der Waals surface area contributed by atoms with E-state index in [1.807, 2.05) is 30.3 Å². The second-order valence-electron chi connectivity index (χ2n) is 8.98. The maximum atomic E-state index is 13.0. The maximum Gasteiger partial charge on any atom is 0.254 e. The first-order valence-electron chi connectivity index (χ1n) is 10.8. The number of rotatable bonds is 5. The molecular weight excluding hydrogens is 447 g/mol. The lowest BCUT2D eigenvalue weighted by Gasteiger charge is -2.37. The largest absolute Gasteiger partial charge is 0.489 e. The average Bonchev–Trinajstić information content (AvgIpc) is 3.57. The minimum absolute atomic E-state index is 0.161. The molecule has 2 aromatic carbocycles. The van der Waals surface area contributed by atoms with Crippen LogP contribution in [-0.2, 0) is 16.2 Å². The lowest BCUT2D eigenvalue weighted by atomic mass is 9.63. The second-order valence-corrected chi connectivity index (χ2v) is 9.83. The Labute approximate surface area is 195 Å². The smallest absolute Gasteiger partial charge is 0.254 e. The van der Waals surface area contributed by atoms with Crippen LogP contribution in [0.15, 0.2) is 59.7 Å². The number of halogens is 2. The first kappa shape index (κ1) is 20.0. The van der Waals surface area contributed by atoms with E-state index in [9.17, 15) is 9.59 Å². The minimum atomic E-state index is -0.239. The zero-order valence-corrected chi connectivity index (χ0v) is 18.5. The Morgan fingerprint density at radius 1 is 1.00 bits per heavy atom. The van der Waals surface area contributed by atoms with Gasteiger partial charge in [0.1, 0.15) is 12.4 Å². The molecule has 1 aliphatic heterocycles. The molecule has 0 unspecified atom stereocenters. The average molecular weight is 467 g/mol. The highest BCUT2D eigenvalue weighted by molar-refractivity contribution is 6.35. The number of benzene rings is 2. The molecule has 2 amide bonds. The van der Waals surface area contributed by atoms with Crippen molar-refractivity contribution in [3.05, 3.63) is 75.8 Å². The summed E-state index contributed by atoms with van der Waals surface area (Å²) in [4.78, 5) is 26.0. The molecule has 32 heavy (non-hydrogen) atoms. The zero-order chi connectivity index (χ0) is 22.0. The third kappa shape index (κ3) is 3.18. The summed E-state index contributed by atoms with van der Waals surface area (Å²) in [6, 6.07) is 12.6. The molecule has 4 aliphatic carbocycles. The Hall–Kier alpha value is -2.63. The summed E-state index contributed by atoms with van der Waals surface area (Å²) in [5.74, 6) is 1.39. The van der Waals surface area contributed by atoms with Crippen LogP contribution < -0.4 is 4.74 Å². The molecule has 6 atom stereocenters. The summed E-state index contributed by atoms with van der Waals surface area (Å²) >= 11 is 12.1. The molecule has 0 spiro atoms. The molecule has 5 nitrogen and oxygen atoms in total. The van der Waals surface area contributed by atoms with E-state index in [4.69, 9.17) is 27.9 Å². The van der Waals surface area contributed by atoms with E-state index in [-0.39, 0.29) is 35.5 Å². The van der Waals surface area contributed by atoms with Crippen molar-refractivity contribution in [1.82, 2.24) is 5.01 Å². The summed E-state index contributed by atoms with van der Waals surface area (Å²) in [5, 5.41) is 6.50. The number of imide groups is 1. The van der Waals surface area contributed by atoms with Gasteiger partial charge in [-0.25, -0.2) is 0 Å². The molecule has 0 aromatic heterocycles. The van der Waals surface area contributed by atoms with Gasteiger partial charge in [-0.1, -0.05) is 53.6 Å². The zero-order valence-electron chi connectivity index (χ0n) is 17.0. The standard InChI is InChI=1S/C25H20Cl2N2O3/c26-15-5-4-14(21(27)9-15)12-32-16-3-1-2-13(8-16)11-28-29-24(30)22-17-6-7-18(20-10-19(17)20)23(22)25(29)31/h1-9,11,17-20,22-23H,10,12H2/b28-11-/t17-,18-,19-,20-,22+,23+/m0/s1. The molecule has 2 bridgehead atoms. The fourth-order valence-corrected chi connectivity index (χ4v) is 6.13. The number of hydrogen-bond donors (Lipinski definition) is 0. The van der Waals surface area contributed by atoms with Gasteiger partial charge in [-0.05, 0) is 59.9 Å². The third-order valence-corrected chi connectivity index (χ3v) is 7.82. The first-order valence-corrected chi connectivity index (χ1v) is 11.5. The van der Waals surface area contributed by atoms with E-state index < -0.39 is 0 Å². The van der Waals surface area contributed by atoms with Gasteiger partial charge in [-0.3, -0.25) is 9.59 Å². The molecule has 7 rings (SSSR count). The molecule has 5 aliphatic rings. The highest BCUT2D eigenvalue weighted by atomic mass is 35.5. The van der Waals surface area contributed by atoms with Gasteiger partial charge in [0, 0.05) is 15.6 Å². The molecule has 2 aromatic rings. The predicted molar refractivity (Wildman–Crippen MR) is 121 cm³/mol. The van der Waals surface area contributed by atoms with Crippen molar-refractivity contribution in [3.63, 3.8) is 0 Å². The molecule has 2 saturated carbocycles. The van der Waals surface area contributed by atoms with Gasteiger partial charge in [0.15, 0.2) is 0 Å². The van der Waals surface area contributed by atoms with Gasteiger partial charge >= 0.3 is 0 Å². The van der Waals surface area contributed by atoms with Gasteiger partial charge < -0.3 is 4.74 Å². The van der Waals surface area contributed by atoms with E-state index in [2.05, 4.69) is 17.3 Å². The van der Waals surface area contributed by atoms with Crippen molar-refractivity contribution >= 4 is 41.2 Å². The van der Waals surface area contributed by atoms with Crippen LogP contribution in [0.1, 0.15) is 17.5 Å². The van der Waals surface area contributed by atoms with Crippen LogP contribution in [0.2, 0.25) is 10.0 Å². The van der Waals surface area contributed by atoms with Crippen molar-refractivity contribution in [2.45, 2.75) is 13.0 Å². The number of hydrazone groups is 1. The quantitative estimate of drug-likeness (QED) is 0.355. The van der Waals surface area contributed by atoms with E-state index in [0.29, 0.717) is 34.2 Å². The summed E-state index contributed by atoms with van der Waals surface area (Å²) < 4.78 is 5.85. The Balaban J connectivity index is 1.16. The summed E-state index contributed by atoms with van der Waals surface area (Å²) in [7, 11) is 0. The van der Waals surface area contributed by atoms with E-state index in [0.717, 1.165) is 22.6 Å².